The maximum atomic E-state index is 13.3. The largest absolute Gasteiger partial charge is 0.465 e. The molecule has 0 bridgehead atoms. The second-order valence-electron chi connectivity index (χ2n) is 7.31. The number of methoxy groups -OCH3 is 2. The molecular formula is C25H21N3O4S2. The van der Waals surface area contributed by atoms with E-state index in [1.165, 1.54) is 29.8 Å². The van der Waals surface area contributed by atoms with Gasteiger partial charge in [-0.05, 0) is 42.3 Å². The summed E-state index contributed by atoms with van der Waals surface area (Å²) in [4.78, 5) is 29.6. The topological polar surface area (TPSA) is 94.2 Å². The molecule has 0 amide bonds. The van der Waals surface area contributed by atoms with Crippen molar-refractivity contribution in [3.63, 3.8) is 0 Å². The van der Waals surface area contributed by atoms with E-state index in [0.717, 1.165) is 15.8 Å². The van der Waals surface area contributed by atoms with Crippen molar-refractivity contribution < 1.29 is 14.3 Å². The number of hydrogen-bond acceptors (Lipinski definition) is 8. The number of thiazole rings is 2. The second-order valence-corrected chi connectivity index (χ2v) is 9.37. The fourth-order valence-corrected chi connectivity index (χ4v) is 5.58. The summed E-state index contributed by atoms with van der Waals surface area (Å²) in [6, 6.07) is 16.8. The SMILES string of the molecule is COCCCn1c(=O)/c(=C\c2ccc(C(=O)OC)cc2)s/c1=C(\C#N)c1nc2ccccc2s1. The van der Waals surface area contributed by atoms with Gasteiger partial charge in [0.15, 0.2) is 0 Å². The molecule has 0 radical (unpaired) electrons. The molecular weight excluding hydrogens is 470 g/mol. The maximum Gasteiger partial charge on any atom is 0.337 e. The summed E-state index contributed by atoms with van der Waals surface area (Å²) in [7, 11) is 2.94. The third-order valence-corrected chi connectivity index (χ3v) is 7.29. The van der Waals surface area contributed by atoms with Gasteiger partial charge in [0.05, 0.1) is 27.4 Å². The minimum absolute atomic E-state index is 0.179. The first kappa shape index (κ1) is 23.6. The summed E-state index contributed by atoms with van der Waals surface area (Å²) in [5.41, 5.74) is 2.21. The zero-order valence-corrected chi connectivity index (χ0v) is 20.2. The monoisotopic (exact) mass is 491 g/mol. The molecule has 172 valence electrons. The van der Waals surface area contributed by atoms with Crippen LogP contribution in [-0.2, 0) is 16.0 Å². The van der Waals surface area contributed by atoms with Crippen LogP contribution >= 0.6 is 22.7 Å². The van der Waals surface area contributed by atoms with Crippen molar-refractivity contribution in [3.8, 4) is 6.07 Å². The Kier molecular flexibility index (Phi) is 7.33. The molecule has 0 atom stereocenters. The molecule has 34 heavy (non-hydrogen) atoms. The maximum absolute atomic E-state index is 13.3. The Balaban J connectivity index is 1.88. The molecule has 9 heteroatoms. The molecule has 0 N–H and O–H groups in total. The summed E-state index contributed by atoms with van der Waals surface area (Å²) in [5.74, 6) is -0.422. The number of ether oxygens (including phenoxy) is 2. The number of rotatable bonds is 7. The van der Waals surface area contributed by atoms with Crippen LogP contribution in [0.1, 0.15) is 27.3 Å². The quantitative estimate of drug-likeness (QED) is 0.292. The van der Waals surface area contributed by atoms with Crippen molar-refractivity contribution in [1.29, 1.82) is 5.26 Å². The second kappa shape index (κ2) is 10.6. The van der Waals surface area contributed by atoms with Gasteiger partial charge in [-0.15, -0.1) is 22.7 Å². The van der Waals surface area contributed by atoms with Gasteiger partial charge in [0.2, 0.25) is 0 Å². The minimum atomic E-state index is -0.422. The first-order valence-corrected chi connectivity index (χ1v) is 12.1. The summed E-state index contributed by atoms with van der Waals surface area (Å²) >= 11 is 2.69. The Morgan fingerprint density at radius 1 is 1.15 bits per heavy atom. The van der Waals surface area contributed by atoms with Crippen LogP contribution in [0, 0.1) is 11.3 Å². The summed E-state index contributed by atoms with van der Waals surface area (Å²) in [6.45, 7) is 0.919. The zero-order chi connectivity index (χ0) is 24.1. The lowest BCUT2D eigenvalue weighted by Crippen LogP contribution is -2.32. The molecule has 2 aromatic heterocycles. The summed E-state index contributed by atoms with van der Waals surface area (Å²) < 4.78 is 13.6. The van der Waals surface area contributed by atoms with Crippen LogP contribution in [-0.4, -0.2) is 36.3 Å². The fourth-order valence-electron chi connectivity index (χ4n) is 3.43. The lowest BCUT2D eigenvalue weighted by molar-refractivity contribution is 0.0600. The first-order valence-electron chi connectivity index (χ1n) is 10.4. The molecule has 0 spiro atoms. The van der Waals surface area contributed by atoms with E-state index in [9.17, 15) is 14.9 Å². The van der Waals surface area contributed by atoms with Crippen LogP contribution in [0.4, 0.5) is 0 Å². The van der Waals surface area contributed by atoms with E-state index < -0.39 is 5.97 Å². The fraction of sp³-hybridized carbons (Fsp3) is 0.200. The Labute approximate surface area is 203 Å². The van der Waals surface area contributed by atoms with E-state index in [2.05, 4.69) is 11.1 Å². The first-order chi connectivity index (χ1) is 16.5. The Morgan fingerprint density at radius 3 is 2.59 bits per heavy atom. The highest BCUT2D eigenvalue weighted by molar-refractivity contribution is 7.19. The van der Waals surface area contributed by atoms with Crippen molar-refractivity contribution in [2.75, 3.05) is 20.8 Å². The van der Waals surface area contributed by atoms with Crippen LogP contribution in [0.3, 0.4) is 0 Å². The predicted molar refractivity (Wildman–Crippen MR) is 133 cm³/mol. The molecule has 2 heterocycles. The zero-order valence-electron chi connectivity index (χ0n) is 18.6. The van der Waals surface area contributed by atoms with Crippen LogP contribution < -0.4 is 14.8 Å². The number of nitrogens with zero attached hydrogens (tertiary/aromatic N) is 3. The standard InChI is InChI=1S/C25H21N3O4S2/c1-31-13-5-12-28-23(29)21(14-16-8-10-17(11-9-16)25(30)32-2)34-24(28)18(15-26)22-27-19-6-3-4-7-20(19)33-22/h3-4,6-11,14H,5,12-13H2,1-2H3/b21-14+,24-18+. The van der Waals surface area contributed by atoms with Gasteiger partial charge < -0.3 is 9.47 Å². The lowest BCUT2D eigenvalue weighted by atomic mass is 10.1. The summed E-state index contributed by atoms with van der Waals surface area (Å²) in [6.07, 6.45) is 2.39. The van der Waals surface area contributed by atoms with Gasteiger partial charge in [0.1, 0.15) is 21.3 Å². The normalized spacial score (nSPS) is 12.6. The third-order valence-electron chi connectivity index (χ3n) is 5.10. The number of nitriles is 1. The molecule has 4 rings (SSSR count). The number of aromatic nitrogens is 2. The van der Waals surface area contributed by atoms with Gasteiger partial charge in [-0.25, -0.2) is 9.78 Å². The number of carbonyl (C=O) groups excluding carboxylic acids is 1. The Bertz CT molecular complexity index is 1520. The molecule has 0 saturated carbocycles. The average Bonchev–Trinajstić information content (AvgIpc) is 3.41. The number of hydrogen-bond donors (Lipinski definition) is 0. The molecule has 0 fully saturated rings. The van der Waals surface area contributed by atoms with Crippen molar-refractivity contribution in [3.05, 3.63) is 84.2 Å². The average molecular weight is 492 g/mol. The van der Waals surface area contributed by atoms with Crippen LogP contribution in [0.5, 0.6) is 0 Å². The highest BCUT2D eigenvalue weighted by Gasteiger charge is 2.15. The Morgan fingerprint density at radius 2 is 1.91 bits per heavy atom. The lowest BCUT2D eigenvalue weighted by Gasteiger charge is -2.02. The van der Waals surface area contributed by atoms with Crippen LogP contribution in [0.25, 0.3) is 21.9 Å². The molecule has 0 aliphatic rings. The number of fused-ring (bicyclic) bond motifs is 1. The number of carbonyl (C=O) groups is 1. The highest BCUT2D eigenvalue weighted by atomic mass is 32.1. The number of benzene rings is 2. The van der Waals surface area contributed by atoms with Crippen LogP contribution in [0.15, 0.2) is 53.3 Å². The van der Waals surface area contributed by atoms with E-state index in [1.807, 2.05) is 24.3 Å². The van der Waals surface area contributed by atoms with E-state index >= 15 is 0 Å². The molecule has 0 aliphatic heterocycles. The van der Waals surface area contributed by atoms with Gasteiger partial charge in [-0.2, -0.15) is 5.26 Å². The molecule has 0 aliphatic carbocycles. The smallest absolute Gasteiger partial charge is 0.337 e. The summed E-state index contributed by atoms with van der Waals surface area (Å²) in [5, 5.41) is 10.6. The predicted octanol–water partition coefficient (Wildman–Crippen LogP) is 2.89. The van der Waals surface area contributed by atoms with E-state index in [4.69, 9.17) is 9.47 Å². The molecule has 0 unspecified atom stereocenters. The Hall–Kier alpha value is -3.58. The molecule has 4 aromatic rings. The molecule has 2 aromatic carbocycles. The number of esters is 1. The van der Waals surface area contributed by atoms with Crippen molar-refractivity contribution in [2.24, 2.45) is 0 Å². The molecule has 7 nitrogen and oxygen atoms in total. The van der Waals surface area contributed by atoms with Crippen molar-refractivity contribution in [1.82, 2.24) is 9.55 Å². The van der Waals surface area contributed by atoms with E-state index in [1.54, 1.807) is 42.0 Å². The minimum Gasteiger partial charge on any atom is -0.465 e. The number of para-hydroxylation sites is 1. The van der Waals surface area contributed by atoms with Gasteiger partial charge in [-0.3, -0.25) is 9.36 Å². The van der Waals surface area contributed by atoms with E-state index in [-0.39, 0.29) is 5.56 Å². The van der Waals surface area contributed by atoms with Gasteiger partial charge in [-0.1, -0.05) is 24.3 Å². The van der Waals surface area contributed by atoms with Gasteiger partial charge in [0.25, 0.3) is 5.56 Å². The molecule has 0 saturated heterocycles. The van der Waals surface area contributed by atoms with Gasteiger partial charge in [0, 0.05) is 20.3 Å². The van der Waals surface area contributed by atoms with Crippen LogP contribution in [0.2, 0.25) is 0 Å². The van der Waals surface area contributed by atoms with Gasteiger partial charge >= 0.3 is 5.97 Å². The highest BCUT2D eigenvalue weighted by Crippen LogP contribution is 2.25. The van der Waals surface area contributed by atoms with Crippen molar-refractivity contribution >= 4 is 50.5 Å². The van der Waals surface area contributed by atoms with E-state index in [0.29, 0.717) is 44.9 Å². The van der Waals surface area contributed by atoms with Crippen molar-refractivity contribution in [2.45, 2.75) is 13.0 Å². The third kappa shape index (κ3) is 4.84.